The molecule has 1 amide bonds. The molecule has 1 saturated carbocycles. The molecule has 1 aliphatic carbocycles. The van der Waals surface area contributed by atoms with Gasteiger partial charge < -0.3 is 14.6 Å². The number of rotatable bonds is 9. The van der Waals surface area contributed by atoms with Gasteiger partial charge in [-0.15, -0.1) is 0 Å². The highest BCUT2D eigenvalue weighted by Crippen LogP contribution is 2.39. The Labute approximate surface area is 201 Å². The largest absolute Gasteiger partial charge is 0.491 e. The van der Waals surface area contributed by atoms with Gasteiger partial charge in [0.1, 0.15) is 11.9 Å². The van der Waals surface area contributed by atoms with Crippen LogP contribution in [0, 0.1) is 5.82 Å². The lowest BCUT2D eigenvalue weighted by Gasteiger charge is -2.35. The first-order chi connectivity index (χ1) is 16.5. The zero-order valence-corrected chi connectivity index (χ0v) is 20.2. The monoisotopic (exact) mass is 529 g/mol. The zero-order chi connectivity index (χ0) is 25.4. The van der Waals surface area contributed by atoms with Crippen molar-refractivity contribution >= 4 is 37.5 Å². The van der Waals surface area contributed by atoms with Crippen LogP contribution in [-0.2, 0) is 20.0 Å². The number of carboxylic acid groups (broad SMARTS) is 1. The van der Waals surface area contributed by atoms with Crippen LogP contribution in [0.3, 0.4) is 0 Å². The Morgan fingerprint density at radius 1 is 1.20 bits per heavy atom. The number of carbonyl (C=O) groups is 1. The number of sulfonamides is 2. The number of ether oxygens (including phenoxy) is 2. The summed E-state index contributed by atoms with van der Waals surface area (Å²) in [5, 5.41) is 10.7. The molecule has 0 radical (unpaired) electrons. The van der Waals surface area contributed by atoms with Crippen molar-refractivity contribution < 1.29 is 40.6 Å². The average Bonchev–Trinajstić information content (AvgIpc) is 3.65. The molecule has 1 unspecified atom stereocenters. The van der Waals surface area contributed by atoms with Crippen LogP contribution in [0.1, 0.15) is 19.8 Å². The van der Waals surface area contributed by atoms with E-state index in [1.165, 1.54) is 18.2 Å². The van der Waals surface area contributed by atoms with E-state index in [1.807, 2.05) is 0 Å². The number of halogens is 1. The molecule has 0 saturated heterocycles. The topological polar surface area (TPSA) is 151 Å². The fourth-order valence-electron chi connectivity index (χ4n) is 3.59. The predicted octanol–water partition coefficient (Wildman–Crippen LogP) is 2.35. The molecule has 35 heavy (non-hydrogen) atoms. The number of hydrogen-bond donors (Lipinski definition) is 3. The van der Waals surface area contributed by atoms with Crippen molar-refractivity contribution in [3.05, 3.63) is 42.2 Å². The van der Waals surface area contributed by atoms with Gasteiger partial charge in [-0.25, -0.2) is 30.7 Å². The second-order valence-electron chi connectivity index (χ2n) is 8.01. The molecule has 0 bridgehead atoms. The van der Waals surface area contributed by atoms with Gasteiger partial charge in [-0.3, -0.25) is 9.62 Å². The Bertz CT molecular complexity index is 1350. The summed E-state index contributed by atoms with van der Waals surface area (Å²) in [6.07, 6.45) is -1.09. The van der Waals surface area contributed by atoms with Crippen molar-refractivity contribution in [2.45, 2.75) is 36.0 Å². The number of nitrogens with one attached hydrogen (secondary N) is 2. The fraction of sp³-hybridized carbons (Fsp3) is 0.381. The second kappa shape index (κ2) is 9.51. The molecule has 2 aliphatic rings. The van der Waals surface area contributed by atoms with E-state index in [0.717, 1.165) is 22.5 Å². The van der Waals surface area contributed by atoms with Crippen LogP contribution in [0.15, 0.2) is 41.3 Å². The van der Waals surface area contributed by atoms with Gasteiger partial charge in [-0.05, 0) is 50.1 Å². The third-order valence-electron chi connectivity index (χ3n) is 5.41. The Morgan fingerprint density at radius 2 is 1.94 bits per heavy atom. The lowest BCUT2D eigenvalue weighted by atomic mass is 10.2. The summed E-state index contributed by atoms with van der Waals surface area (Å²) in [6.45, 7) is 1.30. The van der Waals surface area contributed by atoms with Crippen LogP contribution >= 0.6 is 0 Å². The van der Waals surface area contributed by atoms with Crippen molar-refractivity contribution in [3.63, 3.8) is 0 Å². The van der Waals surface area contributed by atoms with Gasteiger partial charge in [0.25, 0.3) is 10.0 Å². The van der Waals surface area contributed by atoms with E-state index in [9.17, 15) is 26.0 Å². The Balaban J connectivity index is 1.71. The standard InChI is InChI=1S/C21H24FN3O8S2/c1-2-32-20-10-16(6-7-17(20)22)35(30,31)25-12-14(11-23-34(28,29)15-4-5-15)33-19-8-3-13(9-18(19)25)24-21(26)27/h3,6-10,14-15,23-24H,2,4-5,11-12H2,1H3,(H,26,27). The third-order valence-corrected chi connectivity index (χ3v) is 9.10. The summed E-state index contributed by atoms with van der Waals surface area (Å²) < 4.78 is 80.3. The number of fused-ring (bicyclic) bond motifs is 1. The molecule has 2 aromatic rings. The summed E-state index contributed by atoms with van der Waals surface area (Å²) in [5.41, 5.74) is 0.141. The van der Waals surface area contributed by atoms with Crippen LogP contribution in [0.4, 0.5) is 20.6 Å². The molecule has 0 spiro atoms. The minimum absolute atomic E-state index is 0.0415. The molecule has 11 nitrogen and oxygen atoms in total. The van der Waals surface area contributed by atoms with Crippen LogP contribution in [0.25, 0.3) is 0 Å². The molecule has 3 N–H and O–H groups in total. The molecule has 1 fully saturated rings. The minimum atomic E-state index is -4.31. The van der Waals surface area contributed by atoms with Crippen molar-refractivity contribution in [2.75, 3.05) is 29.3 Å². The van der Waals surface area contributed by atoms with Gasteiger partial charge in [0.05, 0.1) is 29.0 Å². The normalized spacial score (nSPS) is 17.9. The van der Waals surface area contributed by atoms with Gasteiger partial charge in [0, 0.05) is 18.3 Å². The number of benzene rings is 2. The number of hydrogen-bond acceptors (Lipinski definition) is 7. The molecule has 190 valence electrons. The van der Waals surface area contributed by atoms with Gasteiger partial charge >= 0.3 is 6.09 Å². The smallest absolute Gasteiger partial charge is 0.409 e. The molecular formula is C21H24FN3O8S2. The maximum Gasteiger partial charge on any atom is 0.409 e. The van der Waals surface area contributed by atoms with Gasteiger partial charge in [-0.1, -0.05) is 0 Å². The van der Waals surface area contributed by atoms with Crippen LogP contribution in [-0.4, -0.2) is 59.1 Å². The van der Waals surface area contributed by atoms with E-state index < -0.39 is 43.3 Å². The Kier molecular flexibility index (Phi) is 6.79. The summed E-state index contributed by atoms with van der Waals surface area (Å²) in [4.78, 5) is 10.8. The van der Waals surface area contributed by atoms with E-state index in [1.54, 1.807) is 6.92 Å². The quantitative estimate of drug-likeness (QED) is 0.448. The summed E-state index contributed by atoms with van der Waals surface area (Å²) in [7, 11) is -7.85. The lowest BCUT2D eigenvalue weighted by Crippen LogP contribution is -2.48. The number of nitrogens with zero attached hydrogens (tertiary/aromatic N) is 1. The predicted molar refractivity (Wildman–Crippen MR) is 125 cm³/mol. The molecular weight excluding hydrogens is 505 g/mol. The van der Waals surface area contributed by atoms with E-state index in [0.29, 0.717) is 12.8 Å². The van der Waals surface area contributed by atoms with Gasteiger partial charge in [0.15, 0.2) is 11.6 Å². The van der Waals surface area contributed by atoms with Crippen LogP contribution < -0.4 is 23.8 Å². The van der Waals surface area contributed by atoms with E-state index in [-0.39, 0.29) is 47.5 Å². The average molecular weight is 530 g/mol. The second-order valence-corrected chi connectivity index (χ2v) is 11.9. The summed E-state index contributed by atoms with van der Waals surface area (Å²) in [6, 6.07) is 7.20. The molecule has 0 aromatic heterocycles. The van der Waals surface area contributed by atoms with E-state index in [2.05, 4.69) is 10.0 Å². The molecule has 14 heteroatoms. The van der Waals surface area contributed by atoms with E-state index in [4.69, 9.17) is 14.6 Å². The molecule has 2 aromatic carbocycles. The molecule has 1 atom stereocenters. The first kappa shape index (κ1) is 25.0. The van der Waals surface area contributed by atoms with Crippen LogP contribution in [0.5, 0.6) is 11.5 Å². The lowest BCUT2D eigenvalue weighted by molar-refractivity contribution is 0.203. The summed E-state index contributed by atoms with van der Waals surface area (Å²) >= 11 is 0. The highest BCUT2D eigenvalue weighted by atomic mass is 32.2. The Hall–Kier alpha value is -3.10. The fourth-order valence-corrected chi connectivity index (χ4v) is 6.52. The maximum atomic E-state index is 14.1. The van der Waals surface area contributed by atoms with Crippen molar-refractivity contribution in [3.8, 4) is 11.5 Å². The van der Waals surface area contributed by atoms with Crippen molar-refractivity contribution in [2.24, 2.45) is 0 Å². The zero-order valence-electron chi connectivity index (χ0n) is 18.6. The minimum Gasteiger partial charge on any atom is -0.491 e. The van der Waals surface area contributed by atoms with Gasteiger partial charge in [-0.2, -0.15) is 0 Å². The molecule has 1 aliphatic heterocycles. The maximum absolute atomic E-state index is 14.1. The highest BCUT2D eigenvalue weighted by Gasteiger charge is 2.39. The SMILES string of the molecule is CCOc1cc(S(=O)(=O)N2CC(CNS(=O)(=O)C3CC3)Oc3ccc(NC(=O)O)cc32)ccc1F. The van der Waals surface area contributed by atoms with Crippen molar-refractivity contribution in [1.29, 1.82) is 0 Å². The van der Waals surface area contributed by atoms with E-state index >= 15 is 0 Å². The summed E-state index contributed by atoms with van der Waals surface area (Å²) in [5.74, 6) is -0.857. The number of amides is 1. The number of anilines is 2. The van der Waals surface area contributed by atoms with Crippen LogP contribution in [0.2, 0.25) is 0 Å². The van der Waals surface area contributed by atoms with Crippen molar-refractivity contribution in [1.82, 2.24) is 4.72 Å². The Morgan fingerprint density at radius 3 is 2.60 bits per heavy atom. The first-order valence-electron chi connectivity index (χ1n) is 10.8. The third kappa shape index (κ3) is 5.44. The molecule has 1 heterocycles. The highest BCUT2D eigenvalue weighted by molar-refractivity contribution is 7.92. The molecule has 4 rings (SSSR count). The first-order valence-corrected chi connectivity index (χ1v) is 13.7. The van der Waals surface area contributed by atoms with Gasteiger partial charge in [0.2, 0.25) is 10.0 Å².